The van der Waals surface area contributed by atoms with Gasteiger partial charge < -0.3 is 4.74 Å². The maximum Gasteiger partial charge on any atom is 0.306 e. The lowest BCUT2D eigenvalue weighted by molar-refractivity contribution is -0.143. The van der Waals surface area contributed by atoms with E-state index < -0.39 is 0 Å². The summed E-state index contributed by atoms with van der Waals surface area (Å²) in [6.07, 6.45) is 15.0. The van der Waals surface area contributed by atoms with Crippen molar-refractivity contribution >= 4 is 11.5 Å². The van der Waals surface area contributed by atoms with Crippen molar-refractivity contribution in [2.45, 2.75) is 72.1 Å². The normalized spacial score (nSPS) is 41.5. The summed E-state index contributed by atoms with van der Waals surface area (Å²) < 4.78 is 5.48. The van der Waals surface area contributed by atoms with Gasteiger partial charge in [0, 0.05) is 12.6 Å². The molecule has 4 aliphatic rings. The summed E-state index contributed by atoms with van der Waals surface area (Å²) in [5.41, 5.74) is 4.08. The average Bonchev–Trinajstić information content (AvgIpc) is 2.99. The highest BCUT2D eigenvalue weighted by Gasteiger charge is 2.58. The Labute approximate surface area is 174 Å². The predicted molar refractivity (Wildman–Crippen MR) is 113 cm³/mol. The van der Waals surface area contributed by atoms with Crippen LogP contribution >= 0.6 is 0 Å². The third-order valence-electron chi connectivity index (χ3n) is 9.29. The monoisotopic (exact) mass is 394 g/mol. The largest absolute Gasteiger partial charge is 0.466 e. The summed E-state index contributed by atoms with van der Waals surface area (Å²) in [5, 5.41) is 0. The molecular formula is C25H34N2O2. The number of hydrogen-bond donors (Lipinski definition) is 0. The van der Waals surface area contributed by atoms with E-state index in [1.165, 1.54) is 37.7 Å². The molecule has 0 bridgehead atoms. The third-order valence-corrected chi connectivity index (χ3v) is 9.29. The second-order valence-corrected chi connectivity index (χ2v) is 10.4. The van der Waals surface area contributed by atoms with Crippen LogP contribution in [-0.2, 0) is 16.0 Å². The highest BCUT2D eigenvalue weighted by Crippen LogP contribution is 2.66. The number of allylic oxidation sites excluding steroid dienone is 2. The van der Waals surface area contributed by atoms with Gasteiger partial charge in [-0.15, -0.1) is 0 Å². The van der Waals surface area contributed by atoms with Crippen molar-refractivity contribution in [3.8, 4) is 0 Å². The average molecular weight is 395 g/mol. The van der Waals surface area contributed by atoms with Crippen LogP contribution in [0.1, 0.15) is 77.1 Å². The Kier molecular flexibility index (Phi) is 4.60. The highest BCUT2D eigenvalue weighted by atomic mass is 16.5. The number of esters is 1. The summed E-state index contributed by atoms with van der Waals surface area (Å²) in [7, 11) is 0. The topological polar surface area (TPSA) is 52.1 Å². The fraction of sp³-hybridized carbons (Fsp3) is 0.720. The van der Waals surface area contributed by atoms with E-state index in [-0.39, 0.29) is 16.8 Å². The number of ether oxygens (including phenoxy) is 1. The van der Waals surface area contributed by atoms with Crippen LogP contribution in [0.2, 0.25) is 0 Å². The minimum Gasteiger partial charge on any atom is -0.466 e. The maximum atomic E-state index is 12.1. The van der Waals surface area contributed by atoms with Crippen molar-refractivity contribution in [3.05, 3.63) is 29.9 Å². The Bertz CT molecular complexity index is 849. The molecule has 5 rings (SSSR count). The molecule has 0 aromatic carbocycles. The minimum atomic E-state index is 0.0250. The van der Waals surface area contributed by atoms with Crippen LogP contribution in [0.4, 0.5) is 0 Å². The van der Waals surface area contributed by atoms with E-state index >= 15 is 0 Å². The molecule has 29 heavy (non-hydrogen) atoms. The van der Waals surface area contributed by atoms with E-state index in [1.54, 1.807) is 0 Å². The van der Waals surface area contributed by atoms with E-state index in [9.17, 15) is 4.79 Å². The first-order chi connectivity index (χ1) is 14.0. The Morgan fingerprint density at radius 3 is 2.83 bits per heavy atom. The Hall–Kier alpha value is -1.71. The first-order valence-electron chi connectivity index (χ1n) is 11.6. The second kappa shape index (κ2) is 6.92. The summed E-state index contributed by atoms with van der Waals surface area (Å²) >= 11 is 0. The first-order valence-corrected chi connectivity index (χ1v) is 11.6. The van der Waals surface area contributed by atoms with E-state index in [4.69, 9.17) is 9.72 Å². The quantitative estimate of drug-likeness (QED) is 0.645. The number of carbonyl (C=O) groups is 1. The fourth-order valence-electron chi connectivity index (χ4n) is 7.58. The Morgan fingerprint density at radius 1 is 1.14 bits per heavy atom. The van der Waals surface area contributed by atoms with Gasteiger partial charge in [0.05, 0.1) is 24.2 Å². The van der Waals surface area contributed by atoms with Crippen molar-refractivity contribution in [2.75, 3.05) is 6.61 Å². The molecule has 3 fully saturated rings. The van der Waals surface area contributed by atoms with Gasteiger partial charge in [0.15, 0.2) is 0 Å². The SMILES string of the molecule is CCc1cncc(C2=CCC3C4CCC5CC(=O)OCCC5(C)C4CCC23C)n1. The zero-order chi connectivity index (χ0) is 20.2. The van der Waals surface area contributed by atoms with Crippen LogP contribution in [0.25, 0.3) is 5.57 Å². The molecule has 0 spiro atoms. The molecule has 6 unspecified atom stereocenters. The van der Waals surface area contributed by atoms with Gasteiger partial charge in [-0.1, -0.05) is 26.8 Å². The number of rotatable bonds is 2. The van der Waals surface area contributed by atoms with Crippen LogP contribution in [0.5, 0.6) is 0 Å². The molecular weight excluding hydrogens is 360 g/mol. The van der Waals surface area contributed by atoms with Crippen molar-refractivity contribution in [3.63, 3.8) is 0 Å². The van der Waals surface area contributed by atoms with Gasteiger partial charge in [-0.3, -0.25) is 9.78 Å². The number of nitrogens with zero attached hydrogens (tertiary/aromatic N) is 2. The van der Waals surface area contributed by atoms with Gasteiger partial charge in [-0.2, -0.15) is 0 Å². The van der Waals surface area contributed by atoms with Gasteiger partial charge in [-0.05, 0) is 85.0 Å². The van der Waals surface area contributed by atoms with Gasteiger partial charge >= 0.3 is 5.97 Å². The third kappa shape index (κ3) is 2.89. The number of fused-ring (bicyclic) bond motifs is 5. The van der Waals surface area contributed by atoms with Crippen LogP contribution in [0.3, 0.4) is 0 Å². The van der Waals surface area contributed by atoms with E-state index in [1.807, 2.05) is 12.4 Å². The summed E-state index contributed by atoms with van der Waals surface area (Å²) in [6, 6.07) is 0. The fourth-order valence-corrected chi connectivity index (χ4v) is 7.58. The molecule has 2 saturated carbocycles. The van der Waals surface area contributed by atoms with Crippen molar-refractivity contribution in [1.82, 2.24) is 9.97 Å². The van der Waals surface area contributed by atoms with Crippen molar-refractivity contribution in [1.29, 1.82) is 0 Å². The molecule has 156 valence electrons. The molecule has 1 aliphatic heterocycles. The molecule has 3 aliphatic carbocycles. The smallest absolute Gasteiger partial charge is 0.306 e. The van der Waals surface area contributed by atoms with Gasteiger partial charge in [0.2, 0.25) is 0 Å². The maximum absolute atomic E-state index is 12.1. The van der Waals surface area contributed by atoms with Crippen LogP contribution in [0.15, 0.2) is 18.5 Å². The van der Waals surface area contributed by atoms with E-state index in [0.29, 0.717) is 24.9 Å². The Morgan fingerprint density at radius 2 is 2.00 bits per heavy atom. The number of hydrogen-bond acceptors (Lipinski definition) is 4. The summed E-state index contributed by atoms with van der Waals surface area (Å²) in [6.45, 7) is 7.71. The first kappa shape index (κ1) is 19.3. The van der Waals surface area contributed by atoms with Crippen LogP contribution < -0.4 is 0 Å². The zero-order valence-electron chi connectivity index (χ0n) is 18.1. The molecule has 0 N–H and O–H groups in total. The van der Waals surface area contributed by atoms with E-state index in [0.717, 1.165) is 36.1 Å². The van der Waals surface area contributed by atoms with Crippen LogP contribution in [0, 0.1) is 34.5 Å². The molecule has 0 amide bonds. The molecule has 4 heteroatoms. The number of cyclic esters (lactones) is 1. The number of aromatic nitrogens is 2. The van der Waals surface area contributed by atoms with Crippen molar-refractivity contribution < 1.29 is 9.53 Å². The molecule has 2 heterocycles. The minimum absolute atomic E-state index is 0.0250. The number of carbonyl (C=O) groups excluding carboxylic acids is 1. The lowest BCUT2D eigenvalue weighted by Crippen LogP contribution is -2.51. The second-order valence-electron chi connectivity index (χ2n) is 10.4. The molecule has 1 aromatic rings. The molecule has 6 atom stereocenters. The molecule has 0 radical (unpaired) electrons. The summed E-state index contributed by atoms with van der Waals surface area (Å²) in [4.78, 5) is 21.5. The van der Waals surface area contributed by atoms with E-state index in [2.05, 4.69) is 31.8 Å². The van der Waals surface area contributed by atoms with Gasteiger partial charge in [0.25, 0.3) is 0 Å². The molecule has 1 saturated heterocycles. The van der Waals surface area contributed by atoms with Gasteiger partial charge in [0.1, 0.15) is 0 Å². The lowest BCUT2D eigenvalue weighted by atomic mass is 9.46. The zero-order valence-corrected chi connectivity index (χ0v) is 18.1. The highest BCUT2D eigenvalue weighted by molar-refractivity contribution is 5.71. The number of aryl methyl sites for hydroxylation is 1. The van der Waals surface area contributed by atoms with Crippen molar-refractivity contribution in [2.24, 2.45) is 34.5 Å². The lowest BCUT2D eigenvalue weighted by Gasteiger charge is -2.58. The molecule has 1 aromatic heterocycles. The standard InChI is InChI=1S/C25H34N2O2/c1-4-17-14-26-15-22(27-17)21-8-7-19-18-6-5-16-13-23(28)29-12-11-24(16,2)20(18)9-10-25(19,21)3/h8,14-16,18-20H,4-7,9-13H2,1-3H3. The summed E-state index contributed by atoms with van der Waals surface area (Å²) in [5.74, 6) is 2.69. The molecule has 4 nitrogen and oxygen atoms in total. The Balaban J connectivity index is 1.44. The predicted octanol–water partition coefficient (Wildman–Crippen LogP) is 5.23. The van der Waals surface area contributed by atoms with Gasteiger partial charge in [-0.25, -0.2) is 4.98 Å². The van der Waals surface area contributed by atoms with Crippen LogP contribution in [-0.4, -0.2) is 22.5 Å².